The second-order valence-corrected chi connectivity index (χ2v) is 10.6. The summed E-state index contributed by atoms with van der Waals surface area (Å²) in [6, 6.07) is 18.4. The van der Waals surface area contributed by atoms with Gasteiger partial charge in [-0.2, -0.15) is 0 Å². The number of fused-ring (bicyclic) bond motifs is 1. The van der Waals surface area contributed by atoms with Crippen LogP contribution in [-0.4, -0.2) is 33.0 Å². The van der Waals surface area contributed by atoms with Crippen LogP contribution in [0.5, 0.6) is 0 Å². The molecule has 0 unspecified atom stereocenters. The molecule has 0 aromatic heterocycles. The van der Waals surface area contributed by atoms with Crippen LogP contribution in [0.25, 0.3) is 10.8 Å². The van der Waals surface area contributed by atoms with E-state index in [0.717, 1.165) is 18.4 Å². The van der Waals surface area contributed by atoms with Crippen LogP contribution in [0.1, 0.15) is 39.2 Å². The smallest absolute Gasteiger partial charge is 0.408 e. The lowest BCUT2D eigenvalue weighted by Crippen LogP contribution is -2.47. The Balaban J connectivity index is 1.77. The van der Waals surface area contributed by atoms with Gasteiger partial charge in [-0.15, -0.1) is 0 Å². The maximum atomic E-state index is 13.2. The first kappa shape index (κ1) is 27.2. The number of sulfonamides is 1. The quantitative estimate of drug-likeness (QED) is 0.320. The summed E-state index contributed by atoms with van der Waals surface area (Å²) in [4.78, 5) is 25.7. The molecule has 0 heterocycles. The first-order chi connectivity index (χ1) is 17.2. The van der Waals surface area contributed by atoms with Gasteiger partial charge in [0, 0.05) is 23.0 Å². The van der Waals surface area contributed by atoms with Crippen molar-refractivity contribution in [3.8, 4) is 0 Å². The fourth-order valence-corrected chi connectivity index (χ4v) is 5.02. The molecule has 3 aromatic rings. The van der Waals surface area contributed by atoms with E-state index in [1.54, 1.807) is 36.4 Å². The number of nitrogens with one attached hydrogen (secondary N) is 3. The van der Waals surface area contributed by atoms with Crippen LogP contribution >= 0.6 is 0 Å². The molecule has 8 nitrogen and oxygen atoms in total. The molecule has 0 aliphatic carbocycles. The number of anilines is 1. The van der Waals surface area contributed by atoms with Gasteiger partial charge < -0.3 is 15.4 Å². The van der Waals surface area contributed by atoms with Gasteiger partial charge in [0.25, 0.3) is 0 Å². The first-order valence-corrected chi connectivity index (χ1v) is 13.5. The molecule has 1 atom stereocenters. The van der Waals surface area contributed by atoms with Crippen molar-refractivity contribution in [3.05, 3.63) is 72.3 Å². The van der Waals surface area contributed by atoms with Gasteiger partial charge in [0.2, 0.25) is 15.9 Å². The maximum Gasteiger partial charge on any atom is 0.408 e. The minimum Gasteiger partial charge on any atom is -0.445 e. The lowest BCUT2D eigenvalue weighted by atomic mass is 10.0. The van der Waals surface area contributed by atoms with Crippen molar-refractivity contribution in [3.63, 3.8) is 0 Å². The van der Waals surface area contributed by atoms with Crippen molar-refractivity contribution in [2.45, 2.75) is 51.2 Å². The largest absolute Gasteiger partial charge is 0.445 e. The molecule has 36 heavy (non-hydrogen) atoms. The van der Waals surface area contributed by atoms with Gasteiger partial charge in [-0.3, -0.25) is 4.79 Å². The van der Waals surface area contributed by atoms with Gasteiger partial charge in [-0.25, -0.2) is 17.9 Å². The number of benzene rings is 3. The highest BCUT2D eigenvalue weighted by atomic mass is 32.2. The number of alkyl carbamates (subject to hydrolysis) is 1. The minimum absolute atomic E-state index is 0.0893. The third kappa shape index (κ3) is 7.05. The van der Waals surface area contributed by atoms with E-state index < -0.39 is 28.1 Å². The zero-order valence-corrected chi connectivity index (χ0v) is 21.6. The SMILES string of the molecule is CCCCNS(=O)(=O)c1cccc2c(NC(=O)[C@@H](NC(=O)OCc3ccccc3)C(C)C)cccc12. The molecule has 0 saturated heterocycles. The van der Waals surface area contributed by atoms with Gasteiger partial charge in [0.05, 0.1) is 4.90 Å². The van der Waals surface area contributed by atoms with Crippen molar-refractivity contribution in [1.29, 1.82) is 0 Å². The number of unbranched alkanes of at least 4 members (excludes halogenated alkanes) is 1. The zero-order chi connectivity index (χ0) is 26.1. The molecule has 0 radical (unpaired) electrons. The Morgan fingerprint density at radius 3 is 2.31 bits per heavy atom. The lowest BCUT2D eigenvalue weighted by molar-refractivity contribution is -0.119. The first-order valence-electron chi connectivity index (χ1n) is 12.0. The molecule has 0 aliphatic rings. The molecule has 0 bridgehead atoms. The van der Waals surface area contributed by atoms with Crippen molar-refractivity contribution < 1.29 is 22.7 Å². The summed E-state index contributed by atoms with van der Waals surface area (Å²) in [7, 11) is -3.72. The highest BCUT2D eigenvalue weighted by Crippen LogP contribution is 2.29. The van der Waals surface area contributed by atoms with Crippen LogP contribution in [0.4, 0.5) is 10.5 Å². The third-order valence-electron chi connectivity index (χ3n) is 5.69. The summed E-state index contributed by atoms with van der Waals surface area (Å²) in [5.41, 5.74) is 1.29. The number of amides is 2. The highest BCUT2D eigenvalue weighted by Gasteiger charge is 2.26. The van der Waals surface area contributed by atoms with E-state index in [1.165, 1.54) is 0 Å². The predicted octanol–water partition coefficient (Wildman–Crippen LogP) is 4.81. The summed E-state index contributed by atoms with van der Waals surface area (Å²) in [5.74, 6) is -0.647. The lowest BCUT2D eigenvalue weighted by Gasteiger charge is -2.22. The van der Waals surface area contributed by atoms with Gasteiger partial charge in [0.1, 0.15) is 12.6 Å². The molecular formula is C27H33N3O5S. The van der Waals surface area contributed by atoms with E-state index in [1.807, 2.05) is 51.1 Å². The van der Waals surface area contributed by atoms with E-state index in [4.69, 9.17) is 4.74 Å². The normalized spacial score (nSPS) is 12.3. The van der Waals surface area contributed by atoms with Crippen molar-refractivity contribution in [1.82, 2.24) is 10.0 Å². The number of hydrogen-bond acceptors (Lipinski definition) is 5. The summed E-state index contributed by atoms with van der Waals surface area (Å²) in [6.45, 7) is 6.07. The molecule has 0 aliphatic heterocycles. The molecule has 9 heteroatoms. The Kier molecular flexibility index (Phi) is 9.44. The number of rotatable bonds is 11. The Labute approximate surface area is 212 Å². The molecular weight excluding hydrogens is 478 g/mol. The monoisotopic (exact) mass is 511 g/mol. The Hall–Kier alpha value is -3.43. The standard InChI is InChI=1S/C27H33N3O5S/c1-4-5-17-28-36(33,34)24-16-10-13-21-22(24)14-9-15-23(21)29-26(31)25(19(2)3)30-27(32)35-18-20-11-7-6-8-12-20/h6-16,19,25,28H,4-5,17-18H2,1-3H3,(H,29,31)(H,30,32)/t25-/m0/s1. The molecule has 3 rings (SSSR count). The van der Waals surface area contributed by atoms with Gasteiger partial charge >= 0.3 is 6.09 Å². The van der Waals surface area contributed by atoms with Gasteiger partial charge in [-0.05, 0) is 30.0 Å². The predicted molar refractivity (Wildman–Crippen MR) is 141 cm³/mol. The third-order valence-corrected chi connectivity index (χ3v) is 7.21. The van der Waals surface area contributed by atoms with Gasteiger partial charge in [0.15, 0.2) is 0 Å². The van der Waals surface area contributed by atoms with Crippen LogP contribution < -0.4 is 15.4 Å². The number of carbonyl (C=O) groups is 2. The highest BCUT2D eigenvalue weighted by molar-refractivity contribution is 7.89. The van der Waals surface area contributed by atoms with Gasteiger partial charge in [-0.1, -0.05) is 81.8 Å². The van der Waals surface area contributed by atoms with Crippen LogP contribution in [0.2, 0.25) is 0 Å². The van der Waals surface area contributed by atoms with Crippen LogP contribution in [0.15, 0.2) is 71.6 Å². The average molecular weight is 512 g/mol. The number of ether oxygens (including phenoxy) is 1. The molecule has 0 saturated carbocycles. The second-order valence-electron chi connectivity index (χ2n) is 8.83. The van der Waals surface area contributed by atoms with E-state index >= 15 is 0 Å². The van der Waals surface area contributed by atoms with E-state index in [2.05, 4.69) is 15.4 Å². The molecule has 0 fully saturated rings. The molecule has 3 N–H and O–H groups in total. The molecule has 3 aromatic carbocycles. The number of hydrogen-bond donors (Lipinski definition) is 3. The summed E-state index contributed by atoms with van der Waals surface area (Å²) in [5, 5.41) is 6.57. The minimum atomic E-state index is -3.72. The summed E-state index contributed by atoms with van der Waals surface area (Å²) >= 11 is 0. The van der Waals surface area contributed by atoms with Crippen LogP contribution in [-0.2, 0) is 26.2 Å². The molecule has 2 amide bonds. The topological polar surface area (TPSA) is 114 Å². The van der Waals surface area contributed by atoms with Crippen molar-refractivity contribution >= 4 is 38.5 Å². The summed E-state index contributed by atoms with van der Waals surface area (Å²) < 4.78 is 33.7. The summed E-state index contributed by atoms with van der Waals surface area (Å²) in [6.07, 6.45) is 0.916. The zero-order valence-electron chi connectivity index (χ0n) is 20.8. The Morgan fingerprint density at radius 1 is 0.917 bits per heavy atom. The molecule has 192 valence electrons. The van der Waals surface area contributed by atoms with E-state index in [0.29, 0.717) is 23.0 Å². The maximum absolute atomic E-state index is 13.2. The van der Waals surface area contributed by atoms with Crippen molar-refractivity contribution in [2.24, 2.45) is 5.92 Å². The fraction of sp³-hybridized carbons (Fsp3) is 0.333. The van der Waals surface area contributed by atoms with Crippen LogP contribution in [0, 0.1) is 5.92 Å². The van der Waals surface area contributed by atoms with E-state index in [-0.39, 0.29) is 17.4 Å². The second kappa shape index (κ2) is 12.5. The Bertz CT molecular complexity index is 1290. The Morgan fingerprint density at radius 2 is 1.61 bits per heavy atom. The average Bonchev–Trinajstić information content (AvgIpc) is 2.86. The molecule has 0 spiro atoms. The fourth-order valence-electron chi connectivity index (χ4n) is 3.72. The van der Waals surface area contributed by atoms with Crippen molar-refractivity contribution in [2.75, 3.05) is 11.9 Å². The van der Waals surface area contributed by atoms with E-state index in [9.17, 15) is 18.0 Å². The van der Waals surface area contributed by atoms with Crippen LogP contribution in [0.3, 0.4) is 0 Å². The number of carbonyl (C=O) groups excluding carboxylic acids is 2.